The second-order valence-corrected chi connectivity index (χ2v) is 2.08. The van der Waals surface area contributed by atoms with Gasteiger partial charge in [-0.05, 0) is 12.1 Å². The number of rotatable bonds is 3. The Morgan fingerprint density at radius 1 is 1.80 bits per heavy atom. The van der Waals surface area contributed by atoms with Crippen molar-refractivity contribution in [3.63, 3.8) is 0 Å². The van der Waals surface area contributed by atoms with Crippen molar-refractivity contribution in [2.75, 3.05) is 13.7 Å². The molecular weight excluding hydrogens is 130 g/mol. The van der Waals surface area contributed by atoms with Crippen LogP contribution in [0.2, 0.25) is 0 Å². The predicted octanol–water partition coefficient (Wildman–Crippen LogP) is 0.926. The van der Waals surface area contributed by atoms with Crippen LogP contribution in [-0.4, -0.2) is 13.7 Å². The van der Waals surface area contributed by atoms with Crippen LogP contribution < -0.4 is 5.73 Å². The molecule has 3 nitrogen and oxygen atoms in total. The van der Waals surface area contributed by atoms with E-state index in [9.17, 15) is 0 Å². The number of methoxy groups -OCH3 is 1. The van der Waals surface area contributed by atoms with Crippen LogP contribution in [0.1, 0.15) is 11.8 Å². The second kappa shape index (κ2) is 3.39. The zero-order valence-corrected chi connectivity index (χ0v) is 5.91. The topological polar surface area (TPSA) is 48.4 Å². The third-order valence-electron chi connectivity index (χ3n) is 1.25. The third-order valence-corrected chi connectivity index (χ3v) is 1.25. The maximum Gasteiger partial charge on any atom is 0.122 e. The largest absolute Gasteiger partial charge is 0.468 e. The van der Waals surface area contributed by atoms with Crippen LogP contribution in [-0.2, 0) is 4.74 Å². The fourth-order valence-corrected chi connectivity index (χ4v) is 0.764. The van der Waals surface area contributed by atoms with Crippen molar-refractivity contribution >= 4 is 0 Å². The molecule has 0 aromatic carbocycles. The molecule has 0 aliphatic carbocycles. The monoisotopic (exact) mass is 141 g/mol. The van der Waals surface area contributed by atoms with Gasteiger partial charge < -0.3 is 14.9 Å². The van der Waals surface area contributed by atoms with Crippen molar-refractivity contribution in [1.82, 2.24) is 0 Å². The normalized spacial score (nSPS) is 13.4. The summed E-state index contributed by atoms with van der Waals surface area (Å²) in [5.74, 6) is 0.766. The lowest BCUT2D eigenvalue weighted by atomic mass is 10.2. The molecule has 0 aliphatic heterocycles. The standard InChI is InChI=1S/C7H11NO2/c1-9-5-6(8)7-3-2-4-10-7/h2-4,6H,5,8H2,1H3. The van der Waals surface area contributed by atoms with Gasteiger partial charge in [0.15, 0.2) is 0 Å². The minimum atomic E-state index is -0.139. The average molecular weight is 141 g/mol. The Kier molecular flexibility index (Phi) is 2.48. The minimum Gasteiger partial charge on any atom is -0.468 e. The molecule has 2 N–H and O–H groups in total. The van der Waals surface area contributed by atoms with E-state index >= 15 is 0 Å². The second-order valence-electron chi connectivity index (χ2n) is 2.08. The van der Waals surface area contributed by atoms with Crippen LogP contribution in [0.3, 0.4) is 0 Å². The first-order valence-corrected chi connectivity index (χ1v) is 3.12. The van der Waals surface area contributed by atoms with Gasteiger partial charge in [0.05, 0.1) is 18.9 Å². The molecule has 1 heterocycles. The van der Waals surface area contributed by atoms with Gasteiger partial charge in [0.25, 0.3) is 0 Å². The summed E-state index contributed by atoms with van der Waals surface area (Å²) in [6, 6.07) is 3.51. The van der Waals surface area contributed by atoms with Gasteiger partial charge >= 0.3 is 0 Å². The summed E-state index contributed by atoms with van der Waals surface area (Å²) in [5, 5.41) is 0. The lowest BCUT2D eigenvalue weighted by molar-refractivity contribution is 0.172. The molecule has 1 rings (SSSR count). The molecule has 0 radical (unpaired) electrons. The highest BCUT2D eigenvalue weighted by atomic mass is 16.5. The smallest absolute Gasteiger partial charge is 0.122 e. The third kappa shape index (κ3) is 1.59. The summed E-state index contributed by atoms with van der Waals surface area (Å²) in [7, 11) is 1.61. The molecule has 0 saturated heterocycles. The molecule has 3 heteroatoms. The fraction of sp³-hybridized carbons (Fsp3) is 0.429. The Bertz CT molecular complexity index is 172. The molecule has 1 atom stereocenters. The molecule has 1 aromatic rings. The Morgan fingerprint density at radius 2 is 2.60 bits per heavy atom. The van der Waals surface area contributed by atoms with E-state index in [0.717, 1.165) is 5.76 Å². The predicted molar refractivity (Wildman–Crippen MR) is 37.5 cm³/mol. The van der Waals surface area contributed by atoms with Gasteiger partial charge in [-0.25, -0.2) is 0 Å². The molecule has 1 unspecified atom stereocenters. The van der Waals surface area contributed by atoms with Crippen LogP contribution in [0.25, 0.3) is 0 Å². The van der Waals surface area contributed by atoms with E-state index in [4.69, 9.17) is 14.9 Å². The highest BCUT2D eigenvalue weighted by Gasteiger charge is 2.06. The van der Waals surface area contributed by atoms with Crippen molar-refractivity contribution in [3.8, 4) is 0 Å². The van der Waals surface area contributed by atoms with Gasteiger partial charge in [-0.3, -0.25) is 0 Å². The molecule has 1 aromatic heterocycles. The number of nitrogens with two attached hydrogens (primary N) is 1. The van der Waals surface area contributed by atoms with Crippen LogP contribution >= 0.6 is 0 Å². The molecule has 0 aliphatic rings. The van der Waals surface area contributed by atoms with E-state index in [1.54, 1.807) is 13.4 Å². The lowest BCUT2D eigenvalue weighted by Crippen LogP contribution is -2.14. The van der Waals surface area contributed by atoms with Crippen molar-refractivity contribution < 1.29 is 9.15 Å². The molecular formula is C7H11NO2. The van der Waals surface area contributed by atoms with Gasteiger partial charge in [-0.1, -0.05) is 0 Å². The van der Waals surface area contributed by atoms with Gasteiger partial charge in [0, 0.05) is 7.11 Å². The van der Waals surface area contributed by atoms with Crippen molar-refractivity contribution in [3.05, 3.63) is 24.2 Å². The quantitative estimate of drug-likeness (QED) is 0.681. The lowest BCUT2D eigenvalue weighted by Gasteiger charge is -2.05. The molecule has 0 bridgehead atoms. The zero-order chi connectivity index (χ0) is 7.40. The van der Waals surface area contributed by atoms with E-state index < -0.39 is 0 Å². The van der Waals surface area contributed by atoms with Crippen molar-refractivity contribution in [2.45, 2.75) is 6.04 Å². The van der Waals surface area contributed by atoms with Crippen LogP contribution in [0.5, 0.6) is 0 Å². The summed E-state index contributed by atoms with van der Waals surface area (Å²) < 4.78 is 9.89. The SMILES string of the molecule is COCC(N)c1ccco1. The highest BCUT2D eigenvalue weighted by Crippen LogP contribution is 2.09. The van der Waals surface area contributed by atoms with Gasteiger partial charge in [-0.15, -0.1) is 0 Å². The Hall–Kier alpha value is -0.800. The van der Waals surface area contributed by atoms with Crippen molar-refractivity contribution in [2.24, 2.45) is 5.73 Å². The summed E-state index contributed by atoms with van der Waals surface area (Å²) in [6.07, 6.45) is 1.60. The Labute approximate surface area is 59.8 Å². The van der Waals surface area contributed by atoms with Gasteiger partial charge in [-0.2, -0.15) is 0 Å². The maximum absolute atomic E-state index is 5.63. The summed E-state index contributed by atoms with van der Waals surface area (Å²) in [4.78, 5) is 0. The first-order chi connectivity index (χ1) is 4.84. The molecule has 56 valence electrons. The van der Waals surface area contributed by atoms with Crippen molar-refractivity contribution in [1.29, 1.82) is 0 Å². The highest BCUT2D eigenvalue weighted by molar-refractivity contribution is 5.03. The van der Waals surface area contributed by atoms with Crippen LogP contribution in [0, 0.1) is 0 Å². The van der Waals surface area contributed by atoms with E-state index in [2.05, 4.69) is 0 Å². The van der Waals surface area contributed by atoms with E-state index in [1.165, 1.54) is 0 Å². The molecule has 0 amide bonds. The molecule has 0 spiro atoms. The number of furan rings is 1. The summed E-state index contributed by atoms with van der Waals surface area (Å²) in [6.45, 7) is 0.494. The summed E-state index contributed by atoms with van der Waals surface area (Å²) in [5.41, 5.74) is 5.63. The number of ether oxygens (including phenoxy) is 1. The van der Waals surface area contributed by atoms with Crippen LogP contribution in [0.4, 0.5) is 0 Å². The first kappa shape index (κ1) is 7.31. The molecule has 10 heavy (non-hydrogen) atoms. The summed E-state index contributed by atoms with van der Waals surface area (Å²) >= 11 is 0. The van der Waals surface area contributed by atoms with Crippen LogP contribution in [0.15, 0.2) is 22.8 Å². The van der Waals surface area contributed by atoms with E-state index in [-0.39, 0.29) is 6.04 Å². The number of hydrogen-bond donors (Lipinski definition) is 1. The van der Waals surface area contributed by atoms with E-state index in [1.807, 2.05) is 12.1 Å². The fourth-order valence-electron chi connectivity index (χ4n) is 0.764. The molecule has 0 saturated carbocycles. The zero-order valence-electron chi connectivity index (χ0n) is 5.91. The van der Waals surface area contributed by atoms with E-state index in [0.29, 0.717) is 6.61 Å². The van der Waals surface area contributed by atoms with Gasteiger partial charge in [0.1, 0.15) is 5.76 Å². The minimum absolute atomic E-state index is 0.139. The van der Waals surface area contributed by atoms with Gasteiger partial charge in [0.2, 0.25) is 0 Å². The Balaban J connectivity index is 2.50. The first-order valence-electron chi connectivity index (χ1n) is 3.12. The number of hydrogen-bond acceptors (Lipinski definition) is 3. The maximum atomic E-state index is 5.63. The average Bonchev–Trinajstić information content (AvgIpc) is 2.38. The Morgan fingerprint density at radius 3 is 3.10 bits per heavy atom. The molecule has 0 fully saturated rings.